The lowest BCUT2D eigenvalue weighted by atomic mass is 9.92. The summed E-state index contributed by atoms with van der Waals surface area (Å²) in [6.45, 7) is 17.4. The number of hydrogen-bond acceptors (Lipinski definition) is 3. The van der Waals surface area contributed by atoms with Gasteiger partial charge < -0.3 is 10.2 Å². The minimum absolute atomic E-state index is 0.133. The number of amides is 2. The van der Waals surface area contributed by atoms with Crippen LogP contribution in [0.4, 0.5) is 10.5 Å². The predicted octanol–water partition coefficient (Wildman–Crippen LogP) is 8.58. The van der Waals surface area contributed by atoms with E-state index in [9.17, 15) is 9.59 Å². The van der Waals surface area contributed by atoms with E-state index in [1.54, 1.807) is 4.57 Å². The number of anilines is 1. The molecule has 0 saturated heterocycles. The number of rotatable bonds is 9. The van der Waals surface area contributed by atoms with Gasteiger partial charge in [-0.3, -0.25) is 9.36 Å². The largest absolute Gasteiger partial charge is 0.322 e. The molecule has 0 aliphatic rings. The minimum Gasteiger partial charge on any atom is -0.314 e. The molecular formula is C35H44N4O2. The lowest BCUT2D eigenvalue weighted by molar-refractivity contribution is 0.171. The molecule has 1 atom stereocenters. The van der Waals surface area contributed by atoms with Gasteiger partial charge in [-0.15, -0.1) is 0 Å². The van der Waals surface area contributed by atoms with Crippen molar-refractivity contribution < 1.29 is 4.79 Å². The van der Waals surface area contributed by atoms with Crippen molar-refractivity contribution in [1.29, 1.82) is 0 Å². The van der Waals surface area contributed by atoms with Gasteiger partial charge in [0.25, 0.3) is 5.56 Å². The molecule has 1 unspecified atom stereocenters. The van der Waals surface area contributed by atoms with Gasteiger partial charge >= 0.3 is 6.03 Å². The molecule has 6 nitrogen and oxygen atoms in total. The average Bonchev–Trinajstić information content (AvgIpc) is 2.92. The molecule has 4 aromatic rings. The molecule has 1 aromatic heterocycles. The average molecular weight is 553 g/mol. The van der Waals surface area contributed by atoms with E-state index in [2.05, 4.69) is 72.0 Å². The van der Waals surface area contributed by atoms with Crippen LogP contribution in [-0.4, -0.2) is 27.0 Å². The fourth-order valence-electron chi connectivity index (χ4n) is 5.55. The summed E-state index contributed by atoms with van der Waals surface area (Å²) in [5, 5.41) is 3.88. The number of aromatic nitrogens is 2. The Labute approximate surface area is 244 Å². The van der Waals surface area contributed by atoms with Gasteiger partial charge in [-0.1, -0.05) is 90.9 Å². The Bertz CT molecular complexity index is 1560. The van der Waals surface area contributed by atoms with E-state index in [1.807, 2.05) is 60.4 Å². The number of carbonyl (C=O) groups is 1. The fourth-order valence-corrected chi connectivity index (χ4v) is 5.55. The summed E-state index contributed by atoms with van der Waals surface area (Å²) in [5.41, 5.74) is 5.40. The highest BCUT2D eigenvalue weighted by Crippen LogP contribution is 2.34. The van der Waals surface area contributed by atoms with Crippen LogP contribution in [0.15, 0.2) is 71.5 Å². The Balaban J connectivity index is 1.91. The number of benzene rings is 3. The lowest BCUT2D eigenvalue weighted by Crippen LogP contribution is -2.43. The van der Waals surface area contributed by atoms with Crippen LogP contribution in [0.2, 0.25) is 0 Å². The lowest BCUT2D eigenvalue weighted by Gasteiger charge is -2.34. The summed E-state index contributed by atoms with van der Waals surface area (Å²) in [6, 6.07) is 21.0. The maximum atomic E-state index is 14.3. The van der Waals surface area contributed by atoms with Crippen molar-refractivity contribution in [1.82, 2.24) is 14.5 Å². The van der Waals surface area contributed by atoms with Crippen molar-refractivity contribution in [2.24, 2.45) is 5.92 Å². The van der Waals surface area contributed by atoms with Gasteiger partial charge in [-0.2, -0.15) is 0 Å². The van der Waals surface area contributed by atoms with Crippen LogP contribution in [0.5, 0.6) is 0 Å². The van der Waals surface area contributed by atoms with Crippen molar-refractivity contribution in [2.75, 3.05) is 11.9 Å². The molecule has 0 radical (unpaired) electrons. The van der Waals surface area contributed by atoms with Crippen molar-refractivity contribution in [2.45, 2.75) is 79.7 Å². The van der Waals surface area contributed by atoms with E-state index < -0.39 is 6.04 Å². The van der Waals surface area contributed by atoms with Crippen LogP contribution in [-0.2, 0) is 0 Å². The maximum absolute atomic E-state index is 14.3. The molecule has 0 bridgehead atoms. The topological polar surface area (TPSA) is 67.2 Å². The van der Waals surface area contributed by atoms with Crippen LogP contribution >= 0.6 is 0 Å². The maximum Gasteiger partial charge on any atom is 0.322 e. The fraction of sp³-hybridized carbons (Fsp3) is 0.400. The zero-order valence-electron chi connectivity index (χ0n) is 25.7. The van der Waals surface area contributed by atoms with Crippen molar-refractivity contribution >= 4 is 22.6 Å². The van der Waals surface area contributed by atoms with Crippen LogP contribution in [0.25, 0.3) is 16.6 Å². The van der Waals surface area contributed by atoms with Crippen LogP contribution in [0.3, 0.4) is 0 Å². The number of aryl methyl sites for hydroxylation is 1. The second-order valence-corrected chi connectivity index (χ2v) is 12.0. The van der Waals surface area contributed by atoms with Crippen molar-refractivity contribution in [3.8, 4) is 5.69 Å². The number of hydrogen-bond donors (Lipinski definition) is 1. The SMILES string of the molecule is CCC(c1nc2ccccc2c(=O)n1-c1cccc(C)c1)N(CC(C)C)C(=O)Nc1c(C(C)C)cccc1C(C)C. The molecule has 0 aliphatic heterocycles. The van der Waals surface area contributed by atoms with Crippen LogP contribution in [0.1, 0.15) is 95.3 Å². The highest BCUT2D eigenvalue weighted by atomic mass is 16.2. The van der Waals surface area contributed by atoms with Gasteiger partial charge in [0.2, 0.25) is 0 Å². The van der Waals surface area contributed by atoms with Gasteiger partial charge in [-0.05, 0) is 72.1 Å². The molecule has 1 heterocycles. The summed E-state index contributed by atoms with van der Waals surface area (Å²) in [7, 11) is 0. The van der Waals surface area contributed by atoms with Gasteiger partial charge in [0.1, 0.15) is 5.82 Å². The molecule has 2 amide bonds. The number of carbonyl (C=O) groups excluding carboxylic acids is 1. The molecule has 216 valence electrons. The Morgan fingerprint density at radius 3 is 2.12 bits per heavy atom. The highest BCUT2D eigenvalue weighted by molar-refractivity contribution is 5.92. The zero-order chi connectivity index (χ0) is 29.8. The number of nitrogens with one attached hydrogen (secondary N) is 1. The van der Waals surface area contributed by atoms with E-state index in [0.29, 0.717) is 29.7 Å². The summed E-state index contributed by atoms with van der Waals surface area (Å²) in [6.07, 6.45) is 0.597. The summed E-state index contributed by atoms with van der Waals surface area (Å²) < 4.78 is 1.70. The first-order chi connectivity index (χ1) is 19.5. The third-order valence-corrected chi connectivity index (χ3v) is 7.55. The Morgan fingerprint density at radius 1 is 0.902 bits per heavy atom. The second kappa shape index (κ2) is 12.7. The molecule has 6 heteroatoms. The molecule has 0 spiro atoms. The van der Waals surface area contributed by atoms with E-state index in [4.69, 9.17) is 4.98 Å². The summed E-state index contributed by atoms with van der Waals surface area (Å²) >= 11 is 0. The summed E-state index contributed by atoms with van der Waals surface area (Å²) in [4.78, 5) is 35.3. The number of para-hydroxylation sites is 2. The van der Waals surface area contributed by atoms with E-state index in [-0.39, 0.29) is 29.3 Å². The number of fused-ring (bicyclic) bond motifs is 1. The predicted molar refractivity (Wildman–Crippen MR) is 170 cm³/mol. The molecule has 0 fully saturated rings. The second-order valence-electron chi connectivity index (χ2n) is 12.0. The third-order valence-electron chi connectivity index (χ3n) is 7.55. The molecule has 0 aliphatic carbocycles. The first-order valence-corrected chi connectivity index (χ1v) is 14.8. The number of nitrogens with zero attached hydrogens (tertiary/aromatic N) is 3. The van der Waals surface area contributed by atoms with E-state index in [1.165, 1.54) is 0 Å². The first-order valence-electron chi connectivity index (χ1n) is 14.8. The van der Waals surface area contributed by atoms with Crippen LogP contribution in [0, 0.1) is 12.8 Å². The van der Waals surface area contributed by atoms with E-state index in [0.717, 1.165) is 28.1 Å². The van der Waals surface area contributed by atoms with Gasteiger partial charge in [0.15, 0.2) is 0 Å². The summed E-state index contributed by atoms with van der Waals surface area (Å²) in [5.74, 6) is 1.27. The van der Waals surface area contributed by atoms with Gasteiger partial charge in [0, 0.05) is 12.2 Å². The van der Waals surface area contributed by atoms with E-state index >= 15 is 0 Å². The Morgan fingerprint density at radius 2 is 1.54 bits per heavy atom. The zero-order valence-corrected chi connectivity index (χ0v) is 25.7. The molecule has 1 N–H and O–H groups in total. The monoisotopic (exact) mass is 552 g/mol. The van der Waals surface area contributed by atoms with Crippen molar-refractivity contribution in [3.05, 3.63) is 99.6 Å². The van der Waals surface area contributed by atoms with Gasteiger partial charge in [0.05, 0.1) is 22.6 Å². The third kappa shape index (κ3) is 6.37. The highest BCUT2D eigenvalue weighted by Gasteiger charge is 2.31. The van der Waals surface area contributed by atoms with Gasteiger partial charge in [-0.25, -0.2) is 9.78 Å². The first kappa shape index (κ1) is 30.0. The van der Waals surface area contributed by atoms with Crippen molar-refractivity contribution in [3.63, 3.8) is 0 Å². The molecular weight excluding hydrogens is 508 g/mol. The Hall–Kier alpha value is -3.93. The molecule has 41 heavy (non-hydrogen) atoms. The molecule has 4 rings (SSSR count). The quantitative estimate of drug-likeness (QED) is 0.226. The number of urea groups is 1. The standard InChI is InChI=1S/C35H44N4O2/c1-9-31(33-36-30-19-11-10-16-29(30)34(40)39(33)26-15-12-14-25(8)20-26)38(21-22(2)3)35(41)37-32-27(23(4)5)17-13-18-28(32)24(6)7/h10-20,22-24,31H,9,21H2,1-8H3,(H,37,41). The smallest absolute Gasteiger partial charge is 0.314 e. The minimum atomic E-state index is -0.427. The normalized spacial score (nSPS) is 12.4. The van der Waals surface area contributed by atoms with Crippen LogP contribution < -0.4 is 10.9 Å². The molecule has 0 saturated carbocycles. The molecule has 3 aromatic carbocycles. The Kier molecular flexibility index (Phi) is 9.31.